The van der Waals surface area contributed by atoms with Gasteiger partial charge in [-0.15, -0.1) is 0 Å². The fraction of sp³-hybridized carbons (Fsp3) is 0.296. The Bertz CT molecular complexity index is 985. The number of rotatable bonds is 3. The molecular formula is C27H28O2. The Morgan fingerprint density at radius 1 is 1.03 bits per heavy atom. The Morgan fingerprint density at radius 2 is 1.62 bits per heavy atom. The van der Waals surface area contributed by atoms with Crippen molar-refractivity contribution < 1.29 is 9.53 Å². The first kappa shape index (κ1) is 20.7. The van der Waals surface area contributed by atoms with Gasteiger partial charge in [0.2, 0.25) is 0 Å². The van der Waals surface area contributed by atoms with Crippen LogP contribution in [-0.4, -0.2) is 12.1 Å². The van der Waals surface area contributed by atoms with Crippen LogP contribution in [0.4, 0.5) is 0 Å². The lowest BCUT2D eigenvalue weighted by atomic mass is 9.62. The van der Waals surface area contributed by atoms with Crippen molar-refractivity contribution >= 4 is 5.97 Å². The van der Waals surface area contributed by atoms with Gasteiger partial charge in [0.05, 0.1) is 5.56 Å². The minimum atomic E-state index is -0.308. The molecule has 0 spiro atoms. The van der Waals surface area contributed by atoms with Crippen LogP contribution < -0.4 is 0 Å². The van der Waals surface area contributed by atoms with Crippen LogP contribution in [0.25, 0.3) is 0 Å². The lowest BCUT2D eigenvalue weighted by Crippen LogP contribution is -2.38. The van der Waals surface area contributed by atoms with E-state index in [9.17, 15) is 4.79 Å². The fourth-order valence-corrected chi connectivity index (χ4v) is 4.17. The topological polar surface area (TPSA) is 26.3 Å². The average molecular weight is 385 g/mol. The van der Waals surface area contributed by atoms with Gasteiger partial charge in [-0.05, 0) is 56.0 Å². The molecule has 0 fully saturated rings. The van der Waals surface area contributed by atoms with Gasteiger partial charge in [0.1, 0.15) is 6.10 Å². The number of carbonyl (C=O) groups excluding carboxylic acids is 1. The molecule has 2 aromatic rings. The highest BCUT2D eigenvalue weighted by molar-refractivity contribution is 5.89. The first-order valence-corrected chi connectivity index (χ1v) is 10.0. The molecule has 0 amide bonds. The van der Waals surface area contributed by atoms with E-state index in [-0.39, 0.29) is 23.4 Å². The van der Waals surface area contributed by atoms with Crippen LogP contribution in [0.2, 0.25) is 0 Å². The number of benzene rings is 2. The van der Waals surface area contributed by atoms with Gasteiger partial charge in [-0.3, -0.25) is 0 Å². The number of allylic oxidation sites excluding steroid dienone is 2. The minimum Gasteiger partial charge on any atom is -0.454 e. The van der Waals surface area contributed by atoms with Gasteiger partial charge in [0.15, 0.2) is 0 Å². The second-order valence-corrected chi connectivity index (χ2v) is 8.29. The standard InChI is InChI=1S/C27H28O2/c1-19(2)24-18-25(29-26(28)22-14-10-7-11-15-22)20(3)23(27(24,4)5)17-16-21-12-8-6-9-13-21/h6-15,24-25H,1,18H2,2-5H3/t24-,25-/m0/s1. The van der Waals surface area contributed by atoms with E-state index in [1.807, 2.05) is 62.4 Å². The molecule has 2 nitrogen and oxygen atoms in total. The van der Waals surface area contributed by atoms with Crippen molar-refractivity contribution in [2.75, 3.05) is 0 Å². The molecule has 0 radical (unpaired) electrons. The van der Waals surface area contributed by atoms with E-state index < -0.39 is 0 Å². The third-order valence-electron chi connectivity index (χ3n) is 5.80. The quantitative estimate of drug-likeness (QED) is 0.358. The summed E-state index contributed by atoms with van der Waals surface area (Å²) in [5, 5.41) is 0. The molecule has 0 N–H and O–H groups in total. The molecular weight excluding hydrogens is 356 g/mol. The Balaban J connectivity index is 1.99. The molecule has 0 saturated heterocycles. The maximum Gasteiger partial charge on any atom is 0.338 e. The molecule has 3 rings (SSSR count). The van der Waals surface area contributed by atoms with E-state index >= 15 is 0 Å². The first-order valence-electron chi connectivity index (χ1n) is 10.0. The summed E-state index contributed by atoms with van der Waals surface area (Å²) in [7, 11) is 0. The van der Waals surface area contributed by atoms with Crippen molar-refractivity contribution in [1.82, 2.24) is 0 Å². The number of hydrogen-bond acceptors (Lipinski definition) is 2. The van der Waals surface area contributed by atoms with Crippen molar-refractivity contribution in [3.8, 4) is 11.8 Å². The molecule has 148 valence electrons. The van der Waals surface area contributed by atoms with Crippen LogP contribution in [0.15, 0.2) is 84.0 Å². The van der Waals surface area contributed by atoms with Gasteiger partial charge in [-0.25, -0.2) is 4.79 Å². The highest BCUT2D eigenvalue weighted by Crippen LogP contribution is 2.48. The molecule has 2 atom stereocenters. The number of carbonyl (C=O) groups is 1. The van der Waals surface area contributed by atoms with E-state index in [0.717, 1.165) is 28.7 Å². The van der Waals surface area contributed by atoms with Crippen LogP contribution >= 0.6 is 0 Å². The van der Waals surface area contributed by atoms with Gasteiger partial charge in [0.25, 0.3) is 0 Å². The van der Waals surface area contributed by atoms with Crippen molar-refractivity contribution in [2.45, 2.75) is 40.2 Å². The highest BCUT2D eigenvalue weighted by atomic mass is 16.5. The predicted molar refractivity (Wildman–Crippen MR) is 118 cm³/mol. The van der Waals surface area contributed by atoms with Crippen molar-refractivity contribution in [3.63, 3.8) is 0 Å². The fourth-order valence-electron chi connectivity index (χ4n) is 4.17. The second kappa shape index (κ2) is 8.53. The van der Waals surface area contributed by atoms with Crippen LogP contribution in [0.3, 0.4) is 0 Å². The normalized spacial score (nSPS) is 20.4. The van der Waals surface area contributed by atoms with E-state index in [0.29, 0.717) is 5.56 Å². The van der Waals surface area contributed by atoms with Crippen LogP contribution in [0.5, 0.6) is 0 Å². The van der Waals surface area contributed by atoms with Gasteiger partial charge in [-0.2, -0.15) is 0 Å². The van der Waals surface area contributed by atoms with E-state index in [1.165, 1.54) is 0 Å². The molecule has 1 aliphatic rings. The van der Waals surface area contributed by atoms with Gasteiger partial charge >= 0.3 is 5.97 Å². The Kier molecular flexibility index (Phi) is 6.09. The number of hydrogen-bond donors (Lipinski definition) is 0. The summed E-state index contributed by atoms with van der Waals surface area (Å²) in [5.41, 5.74) is 4.51. The molecule has 2 aromatic carbocycles. The largest absolute Gasteiger partial charge is 0.454 e. The summed E-state index contributed by atoms with van der Waals surface area (Å²) >= 11 is 0. The van der Waals surface area contributed by atoms with Gasteiger partial charge in [-0.1, -0.05) is 74.2 Å². The zero-order chi connectivity index (χ0) is 21.0. The molecule has 0 heterocycles. The van der Waals surface area contributed by atoms with E-state index in [1.54, 1.807) is 12.1 Å². The lowest BCUT2D eigenvalue weighted by molar-refractivity contribution is 0.0263. The summed E-state index contributed by atoms with van der Waals surface area (Å²) in [6.45, 7) is 12.7. The maximum absolute atomic E-state index is 12.7. The summed E-state index contributed by atoms with van der Waals surface area (Å²) < 4.78 is 5.94. The smallest absolute Gasteiger partial charge is 0.338 e. The number of esters is 1. The molecule has 0 aliphatic heterocycles. The summed E-state index contributed by atoms with van der Waals surface area (Å²) in [5.74, 6) is 6.57. The molecule has 29 heavy (non-hydrogen) atoms. The Labute approximate surface area is 174 Å². The molecule has 0 aromatic heterocycles. The number of ether oxygens (including phenoxy) is 1. The van der Waals surface area contributed by atoms with Crippen LogP contribution in [0.1, 0.15) is 50.0 Å². The third kappa shape index (κ3) is 4.51. The van der Waals surface area contributed by atoms with Crippen molar-refractivity contribution in [1.29, 1.82) is 0 Å². The molecule has 1 aliphatic carbocycles. The SMILES string of the molecule is C=C(C)[C@@H]1C[C@H](OC(=O)c2ccccc2)C(C)=C(C#Cc2ccccc2)C1(C)C. The summed E-state index contributed by atoms with van der Waals surface area (Å²) in [6.07, 6.45) is 0.418. The first-order chi connectivity index (χ1) is 13.8. The summed E-state index contributed by atoms with van der Waals surface area (Å²) in [6, 6.07) is 19.1. The third-order valence-corrected chi connectivity index (χ3v) is 5.80. The molecule has 0 unspecified atom stereocenters. The summed E-state index contributed by atoms with van der Waals surface area (Å²) in [4.78, 5) is 12.7. The average Bonchev–Trinajstić information content (AvgIpc) is 2.70. The van der Waals surface area contributed by atoms with Gasteiger partial charge < -0.3 is 4.74 Å². The van der Waals surface area contributed by atoms with Crippen molar-refractivity contribution in [3.05, 3.63) is 95.1 Å². The lowest BCUT2D eigenvalue weighted by Gasteiger charge is -2.43. The predicted octanol–water partition coefficient (Wildman–Crippen LogP) is 6.20. The molecule has 2 heteroatoms. The van der Waals surface area contributed by atoms with E-state index in [2.05, 4.69) is 32.3 Å². The molecule has 0 saturated carbocycles. The highest BCUT2D eigenvalue weighted by Gasteiger charge is 2.42. The van der Waals surface area contributed by atoms with E-state index in [4.69, 9.17) is 4.74 Å². The van der Waals surface area contributed by atoms with Crippen LogP contribution in [0, 0.1) is 23.2 Å². The monoisotopic (exact) mass is 384 g/mol. The Morgan fingerprint density at radius 3 is 2.21 bits per heavy atom. The zero-order valence-electron chi connectivity index (χ0n) is 17.7. The van der Waals surface area contributed by atoms with Crippen LogP contribution in [-0.2, 0) is 4.74 Å². The maximum atomic E-state index is 12.7. The van der Waals surface area contributed by atoms with Gasteiger partial charge in [0, 0.05) is 16.6 Å². The zero-order valence-corrected chi connectivity index (χ0v) is 17.7. The molecule has 0 bridgehead atoms. The minimum absolute atomic E-state index is 0.173. The Hall–Kier alpha value is -3.05. The second-order valence-electron chi connectivity index (χ2n) is 8.29. The van der Waals surface area contributed by atoms with Crippen molar-refractivity contribution in [2.24, 2.45) is 11.3 Å².